The molecule has 2 heteroatoms. The molecule has 0 unspecified atom stereocenters. The van der Waals surface area contributed by atoms with Crippen LogP contribution in [0.15, 0.2) is 0 Å². The van der Waals surface area contributed by atoms with Crippen molar-refractivity contribution in [2.24, 2.45) is 0 Å². The van der Waals surface area contributed by atoms with Crippen LogP contribution in [-0.2, 0) is 32.7 Å². The average Bonchev–Trinajstić information content (AvgIpc) is 1.46. The number of aliphatic hydroxyl groups is 1. The van der Waals surface area contributed by atoms with Crippen molar-refractivity contribution < 1.29 is 37.8 Å². The summed E-state index contributed by atoms with van der Waals surface area (Å²) in [5, 5.41) is 6.75. The third-order valence-corrected chi connectivity index (χ3v) is 0. The maximum Gasteiger partial charge on any atom is 0 e. The van der Waals surface area contributed by atoms with E-state index in [1.54, 1.807) is 0 Å². The van der Waals surface area contributed by atoms with Crippen molar-refractivity contribution in [2.45, 2.75) is 0 Å². The van der Waals surface area contributed by atoms with Crippen LogP contribution >= 0.6 is 0 Å². The van der Waals surface area contributed by atoms with Crippen LogP contribution in [0.3, 0.4) is 0 Å². The molecule has 1 N–H and O–H groups in total. The third-order valence-electron chi connectivity index (χ3n) is 0. The van der Waals surface area contributed by atoms with Gasteiger partial charge in [0.1, 0.15) is 0 Å². The predicted molar refractivity (Wildman–Crippen MR) is 21.5 cm³/mol. The Kier molecular flexibility index (Phi) is 133. The van der Waals surface area contributed by atoms with Gasteiger partial charge in [0.25, 0.3) is 0 Å². The van der Waals surface area contributed by atoms with Gasteiger partial charge in [-0.2, -0.15) is 6.92 Å². The maximum absolute atomic E-state index is 6.75. The van der Waals surface area contributed by atoms with Crippen molar-refractivity contribution in [3.05, 3.63) is 14.0 Å². The molecule has 0 saturated heterocycles. The molecule has 0 aliphatic heterocycles. The summed E-state index contributed by atoms with van der Waals surface area (Å²) in [5.41, 5.74) is 0. The van der Waals surface area contributed by atoms with Crippen LogP contribution in [0.5, 0.6) is 0 Å². The first-order chi connectivity index (χ1) is 2.41. The molecule has 33 valence electrons. The Morgan fingerprint density at radius 2 is 1.50 bits per heavy atom. The van der Waals surface area contributed by atoms with Gasteiger partial charge in [0.05, 0.1) is 0 Å². The minimum absolute atomic E-state index is 0. The monoisotopic (exact) mass is 159 g/mol. The van der Waals surface area contributed by atoms with E-state index in [1.165, 1.54) is 0 Å². The van der Waals surface area contributed by atoms with E-state index in [9.17, 15) is 0 Å². The standard InChI is InChI=1S/C3H3.CH3O.Y/c1-3-2;1-2;/h1H,2H2;2H,1H2;/q2*-1;. The van der Waals surface area contributed by atoms with Gasteiger partial charge in [0.2, 0.25) is 0 Å². The summed E-state index contributed by atoms with van der Waals surface area (Å²) < 4.78 is 0. The molecule has 0 spiro atoms. The minimum atomic E-state index is 0. The SMILES string of the molecule is C#C[CH2-].[CH2-]O.[Y]. The maximum atomic E-state index is 6.75. The zero-order valence-electron chi connectivity index (χ0n) is 3.52. The van der Waals surface area contributed by atoms with Crippen molar-refractivity contribution in [2.75, 3.05) is 0 Å². The first kappa shape index (κ1) is 16.1. The van der Waals surface area contributed by atoms with Gasteiger partial charge < -0.3 is 17.5 Å². The molecular formula is C4H6OY-2. The van der Waals surface area contributed by atoms with Crippen LogP contribution in [0.2, 0.25) is 0 Å². The van der Waals surface area contributed by atoms with E-state index in [1.807, 2.05) is 5.92 Å². The Hall–Kier alpha value is 0.494. The fourth-order valence-corrected chi connectivity index (χ4v) is 0. The summed E-state index contributed by atoms with van der Waals surface area (Å²) in [4.78, 5) is 0. The van der Waals surface area contributed by atoms with Gasteiger partial charge in [-0.3, -0.25) is 0 Å². The van der Waals surface area contributed by atoms with Gasteiger partial charge in [-0.1, -0.05) is 0 Å². The van der Waals surface area contributed by atoms with Crippen LogP contribution in [0, 0.1) is 26.4 Å². The molecule has 0 bridgehead atoms. The zero-order chi connectivity index (χ0) is 4.71. The molecule has 0 heterocycles. The predicted octanol–water partition coefficient (Wildman–Crippen LogP) is 0.602. The molecule has 0 amide bonds. The molecule has 0 aromatic heterocycles. The number of terminal acetylenes is 1. The first-order valence-electron chi connectivity index (χ1n) is 0.958. The first-order valence-corrected chi connectivity index (χ1v) is 0.958. The molecule has 1 nitrogen and oxygen atoms in total. The number of hydrogen-bond donors (Lipinski definition) is 1. The summed E-state index contributed by atoms with van der Waals surface area (Å²) in [6, 6.07) is 0. The molecule has 0 aromatic rings. The smallest absolute Gasteiger partial charge is 0 e. The van der Waals surface area contributed by atoms with Gasteiger partial charge >= 0.3 is 0 Å². The van der Waals surface area contributed by atoms with Gasteiger partial charge in [0, 0.05) is 32.7 Å². The van der Waals surface area contributed by atoms with E-state index >= 15 is 0 Å². The van der Waals surface area contributed by atoms with E-state index in [0.29, 0.717) is 0 Å². The third kappa shape index (κ3) is 225. The number of rotatable bonds is 0. The van der Waals surface area contributed by atoms with E-state index in [-0.39, 0.29) is 32.7 Å². The molecule has 0 aromatic carbocycles. The van der Waals surface area contributed by atoms with Crippen LogP contribution in [0.25, 0.3) is 0 Å². The average molecular weight is 159 g/mol. The summed E-state index contributed by atoms with van der Waals surface area (Å²) in [6.07, 6.45) is 4.49. The summed E-state index contributed by atoms with van der Waals surface area (Å²) in [6.45, 7) is 3.01. The van der Waals surface area contributed by atoms with Crippen molar-refractivity contribution >= 4 is 0 Å². The number of aliphatic hydroxyl groups excluding tert-OH is 1. The fourth-order valence-electron chi connectivity index (χ4n) is 0. The summed E-state index contributed by atoms with van der Waals surface area (Å²) in [5.74, 6) is 2.00. The second-order valence-corrected chi connectivity index (χ2v) is 0.204. The zero-order valence-corrected chi connectivity index (χ0v) is 6.35. The molecule has 0 aliphatic rings. The Morgan fingerprint density at radius 1 is 1.50 bits per heavy atom. The molecule has 1 radical (unpaired) electrons. The van der Waals surface area contributed by atoms with Crippen molar-refractivity contribution in [3.8, 4) is 12.3 Å². The van der Waals surface area contributed by atoms with Crippen LogP contribution in [0.4, 0.5) is 0 Å². The van der Waals surface area contributed by atoms with E-state index < -0.39 is 0 Å². The molecule has 0 aliphatic carbocycles. The Labute approximate surface area is 64.0 Å². The molecular weight excluding hydrogens is 153 g/mol. The summed E-state index contributed by atoms with van der Waals surface area (Å²) in [7, 11) is 2.25. The summed E-state index contributed by atoms with van der Waals surface area (Å²) >= 11 is 0. The van der Waals surface area contributed by atoms with Crippen LogP contribution in [0.1, 0.15) is 0 Å². The molecule has 0 saturated carbocycles. The Balaban J connectivity index is -0.0000000275. The van der Waals surface area contributed by atoms with E-state index in [2.05, 4.69) is 20.5 Å². The van der Waals surface area contributed by atoms with Gasteiger partial charge in [-0.25, -0.2) is 7.11 Å². The second-order valence-electron chi connectivity index (χ2n) is 0.204. The quantitative estimate of drug-likeness (QED) is 0.405. The van der Waals surface area contributed by atoms with Crippen molar-refractivity contribution in [3.63, 3.8) is 0 Å². The topological polar surface area (TPSA) is 20.2 Å². The second kappa shape index (κ2) is 49.7. The Morgan fingerprint density at radius 3 is 1.50 bits per heavy atom. The van der Waals surface area contributed by atoms with Crippen LogP contribution < -0.4 is 0 Å². The van der Waals surface area contributed by atoms with Gasteiger partial charge in [-0.05, 0) is 0 Å². The normalized spacial score (nSPS) is 2.17. The van der Waals surface area contributed by atoms with E-state index in [0.717, 1.165) is 0 Å². The van der Waals surface area contributed by atoms with Gasteiger partial charge in [0.15, 0.2) is 0 Å². The fraction of sp³-hybridized carbons (Fsp3) is 0. The Bertz CT molecular complexity index is 29.0. The molecule has 0 atom stereocenters. The molecule has 0 rings (SSSR count). The number of hydrogen-bond acceptors (Lipinski definition) is 1. The van der Waals surface area contributed by atoms with Crippen molar-refractivity contribution in [1.82, 2.24) is 0 Å². The van der Waals surface area contributed by atoms with Crippen molar-refractivity contribution in [1.29, 1.82) is 0 Å². The van der Waals surface area contributed by atoms with Gasteiger partial charge in [-0.15, -0.1) is 0 Å². The molecule has 6 heavy (non-hydrogen) atoms. The largest absolute Gasteiger partial charge is 0.569 e. The minimum Gasteiger partial charge on any atom is -0.569 e. The van der Waals surface area contributed by atoms with Crippen LogP contribution in [-0.4, -0.2) is 5.11 Å². The van der Waals surface area contributed by atoms with E-state index in [4.69, 9.17) is 5.11 Å². The molecule has 0 fully saturated rings.